The minimum atomic E-state index is -3.34. The van der Waals surface area contributed by atoms with E-state index in [1.165, 1.54) is 89.9 Å². The van der Waals surface area contributed by atoms with Crippen molar-refractivity contribution in [1.29, 1.82) is 0 Å². The van der Waals surface area contributed by atoms with Gasteiger partial charge in [0.05, 0.1) is 12.9 Å². The molecule has 0 amide bonds. The lowest BCUT2D eigenvalue weighted by atomic mass is 9.88. The molecule has 0 heterocycles. The second-order valence-electron chi connectivity index (χ2n) is 10.0. The van der Waals surface area contributed by atoms with E-state index in [9.17, 15) is 13.2 Å². The summed E-state index contributed by atoms with van der Waals surface area (Å²) in [4.78, 5) is 10.4. The molecule has 0 radical (unpaired) electrons. The van der Waals surface area contributed by atoms with Gasteiger partial charge in [-0.2, -0.15) is 8.42 Å². The summed E-state index contributed by atoms with van der Waals surface area (Å²) in [6.07, 6.45) is 23.8. The van der Waals surface area contributed by atoms with Crippen LogP contribution < -0.4 is 0 Å². The lowest BCUT2D eigenvalue weighted by molar-refractivity contribution is -0.137. The molecule has 0 bridgehead atoms. The van der Waals surface area contributed by atoms with E-state index in [2.05, 4.69) is 13.8 Å². The van der Waals surface area contributed by atoms with E-state index < -0.39 is 16.1 Å². The Hall–Kier alpha value is -0.620. The van der Waals surface area contributed by atoms with E-state index in [1.807, 2.05) is 0 Å². The lowest BCUT2D eigenvalue weighted by Gasteiger charge is -2.23. The topological polar surface area (TPSA) is 80.7 Å². The van der Waals surface area contributed by atoms with Gasteiger partial charge in [0.25, 0.3) is 10.1 Å². The SMILES string of the molecule is CC(C)(CCCCCCCCCCCCCCCCCCCC(=O)O)COS(C)(=O)=O. The normalized spacial score (nSPS) is 12.4. The average molecular weight is 463 g/mol. The first-order valence-corrected chi connectivity index (χ1v) is 14.5. The molecule has 0 saturated heterocycles. The van der Waals surface area contributed by atoms with Gasteiger partial charge < -0.3 is 5.11 Å². The van der Waals surface area contributed by atoms with Crippen molar-refractivity contribution in [3.05, 3.63) is 0 Å². The van der Waals surface area contributed by atoms with Crippen molar-refractivity contribution >= 4 is 16.1 Å². The van der Waals surface area contributed by atoms with Crippen molar-refractivity contribution in [3.63, 3.8) is 0 Å². The molecule has 5 nitrogen and oxygen atoms in total. The van der Waals surface area contributed by atoms with Crippen molar-refractivity contribution in [1.82, 2.24) is 0 Å². The zero-order chi connectivity index (χ0) is 23.4. The summed E-state index contributed by atoms with van der Waals surface area (Å²) in [7, 11) is -3.34. The molecule has 0 unspecified atom stereocenters. The van der Waals surface area contributed by atoms with Crippen LogP contribution in [-0.4, -0.2) is 32.4 Å². The first kappa shape index (κ1) is 30.4. The number of hydrogen-bond acceptors (Lipinski definition) is 4. The molecule has 0 atom stereocenters. The monoisotopic (exact) mass is 462 g/mol. The third-order valence-electron chi connectivity index (χ3n) is 5.91. The smallest absolute Gasteiger partial charge is 0.303 e. The summed E-state index contributed by atoms with van der Waals surface area (Å²) in [5, 5.41) is 8.59. The van der Waals surface area contributed by atoms with Crippen LogP contribution in [0.5, 0.6) is 0 Å². The van der Waals surface area contributed by atoms with E-state index in [0.717, 1.165) is 31.9 Å². The molecule has 0 spiro atoms. The summed E-state index contributed by atoms with van der Waals surface area (Å²) in [6.45, 7) is 4.42. The maximum Gasteiger partial charge on any atom is 0.303 e. The highest BCUT2D eigenvalue weighted by Crippen LogP contribution is 2.25. The lowest BCUT2D eigenvalue weighted by Crippen LogP contribution is -2.21. The molecule has 6 heteroatoms. The molecule has 0 aliphatic rings. The number of hydrogen-bond donors (Lipinski definition) is 1. The third-order valence-corrected chi connectivity index (χ3v) is 6.45. The minimum absolute atomic E-state index is 0.0783. The van der Waals surface area contributed by atoms with Crippen LogP contribution in [0.2, 0.25) is 0 Å². The van der Waals surface area contributed by atoms with E-state index in [0.29, 0.717) is 6.42 Å². The van der Waals surface area contributed by atoms with Crippen molar-refractivity contribution in [2.24, 2.45) is 5.41 Å². The molecule has 0 aliphatic heterocycles. The number of unbranched alkanes of at least 4 members (excludes halogenated alkanes) is 16. The maximum absolute atomic E-state index is 11.1. The zero-order valence-corrected chi connectivity index (χ0v) is 21.4. The van der Waals surface area contributed by atoms with Gasteiger partial charge in [-0.05, 0) is 18.3 Å². The van der Waals surface area contributed by atoms with Crippen LogP contribution >= 0.6 is 0 Å². The fraction of sp³-hybridized carbons (Fsp3) is 0.960. The van der Waals surface area contributed by atoms with Crippen LogP contribution in [0, 0.1) is 5.41 Å². The van der Waals surface area contributed by atoms with Gasteiger partial charge in [0.15, 0.2) is 0 Å². The molecule has 0 aliphatic carbocycles. The highest BCUT2D eigenvalue weighted by atomic mass is 32.2. The molecule has 0 aromatic rings. The Balaban J connectivity index is 3.26. The van der Waals surface area contributed by atoms with Crippen LogP contribution in [0.3, 0.4) is 0 Å². The fourth-order valence-corrected chi connectivity index (χ4v) is 4.40. The summed E-state index contributed by atoms with van der Waals surface area (Å²) >= 11 is 0. The van der Waals surface area contributed by atoms with Gasteiger partial charge in [-0.15, -0.1) is 0 Å². The molecule has 0 rings (SSSR count). The highest BCUT2D eigenvalue weighted by Gasteiger charge is 2.20. The van der Waals surface area contributed by atoms with Gasteiger partial charge in [0, 0.05) is 6.42 Å². The predicted octanol–water partition coefficient (Wildman–Crippen LogP) is 7.49. The zero-order valence-electron chi connectivity index (χ0n) is 20.6. The van der Waals surface area contributed by atoms with Crippen LogP contribution in [0.1, 0.15) is 136 Å². The van der Waals surface area contributed by atoms with Gasteiger partial charge in [0.2, 0.25) is 0 Å². The molecule has 0 saturated carbocycles. The van der Waals surface area contributed by atoms with E-state index in [1.54, 1.807) is 0 Å². The number of carboxylic acids is 1. The summed E-state index contributed by atoms with van der Waals surface area (Å²) in [5.74, 6) is -0.670. The number of carboxylic acid groups (broad SMARTS) is 1. The average Bonchev–Trinajstić information content (AvgIpc) is 2.67. The third kappa shape index (κ3) is 25.5. The van der Waals surface area contributed by atoms with Gasteiger partial charge >= 0.3 is 5.97 Å². The first-order chi connectivity index (χ1) is 14.6. The molecule has 0 aromatic heterocycles. The maximum atomic E-state index is 11.1. The predicted molar refractivity (Wildman–Crippen MR) is 130 cm³/mol. The van der Waals surface area contributed by atoms with Gasteiger partial charge in [-0.25, -0.2) is 0 Å². The summed E-state index contributed by atoms with van der Waals surface area (Å²) < 4.78 is 27.1. The quantitative estimate of drug-likeness (QED) is 0.126. The fourth-order valence-electron chi connectivity index (χ4n) is 3.87. The molecular formula is C25H50O5S. The van der Waals surface area contributed by atoms with Crippen LogP contribution in [0.15, 0.2) is 0 Å². The Kier molecular flexibility index (Phi) is 18.5. The summed E-state index contributed by atoms with van der Waals surface area (Å²) in [6, 6.07) is 0. The molecule has 0 fully saturated rings. The van der Waals surface area contributed by atoms with Crippen molar-refractivity contribution in [2.75, 3.05) is 12.9 Å². The number of aliphatic carboxylic acids is 1. The van der Waals surface area contributed by atoms with Crippen LogP contribution in [-0.2, 0) is 19.1 Å². The van der Waals surface area contributed by atoms with Crippen molar-refractivity contribution in [3.8, 4) is 0 Å². The van der Waals surface area contributed by atoms with E-state index in [-0.39, 0.29) is 12.0 Å². The van der Waals surface area contributed by atoms with Gasteiger partial charge in [0.1, 0.15) is 0 Å². The highest BCUT2D eigenvalue weighted by molar-refractivity contribution is 7.85. The number of rotatable bonds is 23. The van der Waals surface area contributed by atoms with Crippen LogP contribution in [0.25, 0.3) is 0 Å². The molecule has 0 aromatic carbocycles. The van der Waals surface area contributed by atoms with Gasteiger partial charge in [-0.1, -0.05) is 117 Å². The second-order valence-corrected chi connectivity index (χ2v) is 11.7. The van der Waals surface area contributed by atoms with Crippen molar-refractivity contribution in [2.45, 2.75) is 136 Å². The first-order valence-electron chi connectivity index (χ1n) is 12.7. The Morgan fingerprint density at radius 1 is 0.677 bits per heavy atom. The summed E-state index contributed by atoms with van der Waals surface area (Å²) in [5.41, 5.74) is -0.0783. The Bertz CT molecular complexity index is 528. The molecule has 1 N–H and O–H groups in total. The standard InChI is InChI=1S/C25H50O5S/c1-25(2,23-30-31(3,28)29)22-20-18-16-14-12-10-8-6-4-5-7-9-11-13-15-17-19-21-24(26)27/h4-23H2,1-3H3,(H,26,27). The Morgan fingerprint density at radius 3 is 1.32 bits per heavy atom. The Labute approximate surface area is 192 Å². The molecular weight excluding hydrogens is 412 g/mol. The number of carbonyl (C=O) groups is 1. The second kappa shape index (κ2) is 18.9. The minimum Gasteiger partial charge on any atom is -0.481 e. The largest absolute Gasteiger partial charge is 0.481 e. The van der Waals surface area contributed by atoms with E-state index in [4.69, 9.17) is 9.29 Å². The van der Waals surface area contributed by atoms with E-state index >= 15 is 0 Å². The van der Waals surface area contributed by atoms with Crippen molar-refractivity contribution < 1.29 is 22.5 Å². The Morgan fingerprint density at radius 2 is 1.00 bits per heavy atom. The van der Waals surface area contributed by atoms with Gasteiger partial charge in [-0.3, -0.25) is 8.98 Å². The molecule has 31 heavy (non-hydrogen) atoms. The van der Waals surface area contributed by atoms with Crippen LogP contribution in [0.4, 0.5) is 0 Å². The molecule has 186 valence electrons.